The maximum atomic E-state index is 12.5. The van der Waals surface area contributed by atoms with Gasteiger partial charge >= 0.3 is 0 Å². The van der Waals surface area contributed by atoms with E-state index >= 15 is 0 Å². The third-order valence-corrected chi connectivity index (χ3v) is 4.21. The zero-order valence-electron chi connectivity index (χ0n) is 12.5. The Kier molecular flexibility index (Phi) is 5.74. The van der Waals surface area contributed by atoms with Crippen LogP contribution in [0.2, 0.25) is 5.02 Å². The molecule has 0 bridgehead atoms. The largest absolute Gasteiger partial charge is 0.338 e. The number of nitro groups is 1. The van der Waals surface area contributed by atoms with Crippen molar-refractivity contribution in [1.29, 1.82) is 0 Å². The number of benzene rings is 1. The van der Waals surface area contributed by atoms with E-state index in [1.54, 1.807) is 4.90 Å². The van der Waals surface area contributed by atoms with Crippen LogP contribution in [0.3, 0.4) is 0 Å². The average Bonchev–Trinajstić information content (AvgIpc) is 2.52. The highest BCUT2D eigenvalue weighted by molar-refractivity contribution is 6.31. The summed E-state index contributed by atoms with van der Waals surface area (Å²) in [5, 5.41) is 14.7. The Balaban J connectivity index is 2.07. The number of halogens is 1. The molecule has 0 aromatic heterocycles. The van der Waals surface area contributed by atoms with Gasteiger partial charge in [0.05, 0.1) is 4.92 Å². The molecule has 2 rings (SSSR count). The van der Waals surface area contributed by atoms with E-state index < -0.39 is 4.92 Å². The molecule has 1 fully saturated rings. The first kappa shape index (κ1) is 16.7. The Morgan fingerprint density at radius 2 is 2.14 bits per heavy atom. The van der Waals surface area contributed by atoms with Crippen molar-refractivity contribution in [2.45, 2.75) is 19.8 Å². The number of likely N-dealkylation sites (tertiary alicyclic amines) is 1. The number of amides is 1. The summed E-state index contributed by atoms with van der Waals surface area (Å²) in [6.45, 7) is 5.21. The van der Waals surface area contributed by atoms with E-state index in [2.05, 4.69) is 12.2 Å². The molecule has 0 unspecified atom stereocenters. The van der Waals surface area contributed by atoms with Gasteiger partial charge in [0.2, 0.25) is 0 Å². The second kappa shape index (κ2) is 7.56. The molecule has 22 heavy (non-hydrogen) atoms. The summed E-state index contributed by atoms with van der Waals surface area (Å²) in [6, 6.07) is 4.10. The lowest BCUT2D eigenvalue weighted by Gasteiger charge is -2.32. The molecule has 120 valence electrons. The van der Waals surface area contributed by atoms with Crippen LogP contribution in [0.25, 0.3) is 0 Å². The van der Waals surface area contributed by atoms with Crippen molar-refractivity contribution in [2.24, 2.45) is 5.92 Å². The number of carbonyl (C=O) groups excluding carboxylic acids is 1. The second-order valence-electron chi connectivity index (χ2n) is 5.46. The third-order valence-electron chi connectivity index (χ3n) is 3.97. The molecule has 0 radical (unpaired) electrons. The highest BCUT2D eigenvalue weighted by Gasteiger charge is 2.28. The van der Waals surface area contributed by atoms with Crippen LogP contribution in [0.15, 0.2) is 18.2 Å². The van der Waals surface area contributed by atoms with Gasteiger partial charge < -0.3 is 10.2 Å². The van der Waals surface area contributed by atoms with Gasteiger partial charge in [0.25, 0.3) is 11.6 Å². The number of hydrogen-bond acceptors (Lipinski definition) is 4. The molecule has 1 N–H and O–H groups in total. The molecular formula is C15H20ClN3O3. The number of nitrogens with one attached hydrogen (secondary N) is 1. The topological polar surface area (TPSA) is 75.5 Å². The van der Waals surface area contributed by atoms with Gasteiger partial charge in [-0.25, -0.2) is 0 Å². The first-order valence-electron chi connectivity index (χ1n) is 7.46. The molecule has 1 heterocycles. The summed E-state index contributed by atoms with van der Waals surface area (Å²) in [7, 11) is 0. The van der Waals surface area contributed by atoms with Gasteiger partial charge in [-0.2, -0.15) is 0 Å². The maximum Gasteiger partial charge on any atom is 0.282 e. The summed E-state index contributed by atoms with van der Waals surface area (Å²) in [5.74, 6) is 0.245. The van der Waals surface area contributed by atoms with E-state index in [1.807, 2.05) is 0 Å². The number of nitrogens with zero attached hydrogens (tertiary/aromatic N) is 2. The van der Waals surface area contributed by atoms with Crippen molar-refractivity contribution in [3.05, 3.63) is 38.9 Å². The van der Waals surface area contributed by atoms with Crippen LogP contribution in [0.1, 0.15) is 30.1 Å². The minimum Gasteiger partial charge on any atom is -0.338 e. The van der Waals surface area contributed by atoms with Gasteiger partial charge in [0.1, 0.15) is 5.56 Å². The molecule has 6 nitrogen and oxygen atoms in total. The Labute approximate surface area is 134 Å². The SMILES string of the molecule is CCNCC1CCN(C(=O)c2cc(Cl)ccc2[N+](=O)[O-])CC1. The summed E-state index contributed by atoms with van der Waals surface area (Å²) in [4.78, 5) is 24.8. The van der Waals surface area contributed by atoms with Gasteiger partial charge in [0.15, 0.2) is 0 Å². The van der Waals surface area contributed by atoms with E-state index in [0.29, 0.717) is 24.0 Å². The lowest BCUT2D eigenvalue weighted by atomic mass is 9.96. The maximum absolute atomic E-state index is 12.5. The van der Waals surface area contributed by atoms with E-state index in [9.17, 15) is 14.9 Å². The summed E-state index contributed by atoms with van der Waals surface area (Å²) in [6.07, 6.45) is 1.82. The number of rotatable bonds is 5. The molecule has 1 aliphatic heterocycles. The Morgan fingerprint density at radius 3 is 2.73 bits per heavy atom. The zero-order valence-corrected chi connectivity index (χ0v) is 13.3. The minimum absolute atomic E-state index is 0.0719. The van der Waals surface area contributed by atoms with Crippen LogP contribution >= 0.6 is 11.6 Å². The minimum atomic E-state index is -0.540. The van der Waals surface area contributed by atoms with Gasteiger partial charge in [-0.1, -0.05) is 18.5 Å². The quantitative estimate of drug-likeness (QED) is 0.667. The molecule has 0 spiro atoms. The Hall–Kier alpha value is -1.66. The highest BCUT2D eigenvalue weighted by atomic mass is 35.5. The molecule has 1 aromatic carbocycles. The predicted molar refractivity (Wildman–Crippen MR) is 85.3 cm³/mol. The summed E-state index contributed by atoms with van der Waals surface area (Å²) < 4.78 is 0. The third kappa shape index (κ3) is 3.96. The van der Waals surface area contributed by atoms with E-state index in [0.717, 1.165) is 25.9 Å². The van der Waals surface area contributed by atoms with Gasteiger partial charge in [-0.3, -0.25) is 14.9 Å². The van der Waals surface area contributed by atoms with Gasteiger partial charge in [-0.05, 0) is 44.0 Å². The molecule has 7 heteroatoms. The Morgan fingerprint density at radius 1 is 1.45 bits per heavy atom. The van der Waals surface area contributed by atoms with Crippen molar-refractivity contribution in [1.82, 2.24) is 10.2 Å². The lowest BCUT2D eigenvalue weighted by molar-refractivity contribution is -0.385. The molecule has 0 saturated carbocycles. The summed E-state index contributed by atoms with van der Waals surface area (Å²) in [5.41, 5.74) is -0.119. The fourth-order valence-electron chi connectivity index (χ4n) is 2.70. The smallest absolute Gasteiger partial charge is 0.282 e. The molecule has 1 saturated heterocycles. The van der Waals surface area contributed by atoms with E-state index in [4.69, 9.17) is 11.6 Å². The molecular weight excluding hydrogens is 306 g/mol. The molecule has 1 aliphatic rings. The standard InChI is InChI=1S/C15H20ClN3O3/c1-2-17-10-11-5-7-18(8-6-11)15(20)13-9-12(16)3-4-14(13)19(21)22/h3-4,9,11,17H,2,5-8,10H2,1H3. The van der Waals surface area contributed by atoms with Crippen LogP contribution in [0.5, 0.6) is 0 Å². The molecule has 1 aromatic rings. The molecule has 1 amide bonds. The monoisotopic (exact) mass is 325 g/mol. The second-order valence-corrected chi connectivity index (χ2v) is 5.90. The molecule has 0 atom stereocenters. The Bertz CT molecular complexity index is 557. The first-order valence-corrected chi connectivity index (χ1v) is 7.84. The van der Waals surface area contributed by atoms with Gasteiger partial charge in [0, 0.05) is 24.2 Å². The number of nitro benzene ring substituents is 1. The van der Waals surface area contributed by atoms with Crippen LogP contribution in [0, 0.1) is 16.0 Å². The van der Waals surface area contributed by atoms with Crippen LogP contribution in [-0.2, 0) is 0 Å². The molecule has 0 aliphatic carbocycles. The van der Waals surface area contributed by atoms with Crippen molar-refractivity contribution in [3.63, 3.8) is 0 Å². The van der Waals surface area contributed by atoms with Crippen LogP contribution in [0.4, 0.5) is 5.69 Å². The summed E-state index contributed by atoms with van der Waals surface area (Å²) >= 11 is 5.88. The number of hydrogen-bond donors (Lipinski definition) is 1. The van der Waals surface area contributed by atoms with Crippen molar-refractivity contribution >= 4 is 23.2 Å². The fraction of sp³-hybridized carbons (Fsp3) is 0.533. The van der Waals surface area contributed by atoms with Crippen LogP contribution in [-0.4, -0.2) is 41.9 Å². The zero-order chi connectivity index (χ0) is 16.1. The number of carbonyl (C=O) groups is 1. The van der Waals surface area contributed by atoms with E-state index in [-0.39, 0.29) is 17.2 Å². The van der Waals surface area contributed by atoms with Crippen LogP contribution < -0.4 is 5.32 Å². The van der Waals surface area contributed by atoms with Crippen molar-refractivity contribution in [3.8, 4) is 0 Å². The highest BCUT2D eigenvalue weighted by Crippen LogP contribution is 2.26. The normalized spacial score (nSPS) is 15.8. The van der Waals surface area contributed by atoms with E-state index in [1.165, 1.54) is 18.2 Å². The van der Waals surface area contributed by atoms with Crippen molar-refractivity contribution in [2.75, 3.05) is 26.2 Å². The first-order chi connectivity index (χ1) is 10.5. The lowest BCUT2D eigenvalue weighted by Crippen LogP contribution is -2.41. The predicted octanol–water partition coefficient (Wildman–Crippen LogP) is 2.71. The average molecular weight is 326 g/mol. The van der Waals surface area contributed by atoms with Crippen molar-refractivity contribution < 1.29 is 9.72 Å². The fourth-order valence-corrected chi connectivity index (χ4v) is 2.87. The van der Waals surface area contributed by atoms with Gasteiger partial charge in [-0.15, -0.1) is 0 Å². The number of piperidine rings is 1.